The van der Waals surface area contributed by atoms with E-state index in [0.717, 1.165) is 0 Å². The summed E-state index contributed by atoms with van der Waals surface area (Å²) in [5, 5.41) is 11.3. The second-order valence-corrected chi connectivity index (χ2v) is 7.77. The summed E-state index contributed by atoms with van der Waals surface area (Å²) in [6, 6.07) is 11.2. The number of carbonyl (C=O) groups is 1. The van der Waals surface area contributed by atoms with Crippen LogP contribution < -0.4 is 5.32 Å². The molecule has 0 aliphatic carbocycles. The van der Waals surface area contributed by atoms with Crippen molar-refractivity contribution in [2.24, 2.45) is 0 Å². The molecule has 0 fully saturated rings. The van der Waals surface area contributed by atoms with Gasteiger partial charge in [-0.15, -0.1) is 0 Å². The summed E-state index contributed by atoms with van der Waals surface area (Å²) in [6.07, 6.45) is -5.15. The summed E-state index contributed by atoms with van der Waals surface area (Å²) in [6.45, 7) is 1.77. The third-order valence-corrected chi connectivity index (χ3v) is 5.57. The number of carbonyl (C=O) groups excluding carboxylic acids is 1. The molecule has 1 atom stereocenters. The lowest BCUT2D eigenvalue weighted by atomic mass is 10.1. The fraction of sp³-hybridized carbons (Fsp3) is 0.235. The SMILES string of the molecule is Cc1cc(S(=O)(=O)c2ccccc2)ccc1NC(=O)C(C)(O)C(F)(F)F. The van der Waals surface area contributed by atoms with E-state index in [2.05, 4.69) is 0 Å². The predicted molar refractivity (Wildman–Crippen MR) is 88.4 cm³/mol. The van der Waals surface area contributed by atoms with Crippen LogP contribution in [0.1, 0.15) is 12.5 Å². The molecule has 0 saturated heterocycles. The first-order chi connectivity index (χ1) is 11.9. The van der Waals surface area contributed by atoms with E-state index in [-0.39, 0.29) is 21.0 Å². The van der Waals surface area contributed by atoms with Crippen LogP contribution >= 0.6 is 0 Å². The van der Waals surface area contributed by atoms with E-state index in [1.54, 1.807) is 18.2 Å². The van der Waals surface area contributed by atoms with Gasteiger partial charge in [-0.1, -0.05) is 18.2 Å². The Morgan fingerprint density at radius 2 is 1.62 bits per heavy atom. The summed E-state index contributed by atoms with van der Waals surface area (Å²) in [4.78, 5) is 11.7. The number of hydrogen-bond acceptors (Lipinski definition) is 4. The molecule has 0 heterocycles. The predicted octanol–water partition coefficient (Wildman–Crippen LogP) is 3.08. The standard InChI is InChI=1S/C17H16F3NO4S/c1-11-10-13(26(24,25)12-6-4-3-5-7-12)8-9-14(11)21-15(22)16(2,23)17(18,19)20/h3-10,23H,1-2H3,(H,21,22). The van der Waals surface area contributed by atoms with Gasteiger partial charge in [0.05, 0.1) is 9.79 Å². The van der Waals surface area contributed by atoms with Gasteiger partial charge in [-0.3, -0.25) is 4.79 Å². The Morgan fingerprint density at radius 3 is 2.12 bits per heavy atom. The maximum atomic E-state index is 12.7. The second kappa shape index (κ2) is 6.73. The van der Waals surface area contributed by atoms with Gasteiger partial charge in [-0.2, -0.15) is 13.2 Å². The van der Waals surface area contributed by atoms with Gasteiger partial charge in [-0.05, 0) is 49.7 Å². The first-order valence-corrected chi connectivity index (χ1v) is 8.87. The highest BCUT2D eigenvalue weighted by Gasteiger charge is 2.55. The van der Waals surface area contributed by atoms with E-state index in [0.29, 0.717) is 6.92 Å². The Morgan fingerprint density at radius 1 is 1.04 bits per heavy atom. The summed E-state index contributed by atoms with van der Waals surface area (Å²) in [5.74, 6) is -1.66. The molecule has 0 aliphatic rings. The number of rotatable bonds is 4. The van der Waals surface area contributed by atoms with Crippen molar-refractivity contribution in [3.8, 4) is 0 Å². The monoisotopic (exact) mass is 387 g/mol. The largest absolute Gasteiger partial charge is 0.426 e. The molecule has 0 saturated carbocycles. The number of sulfone groups is 1. The van der Waals surface area contributed by atoms with Crippen molar-refractivity contribution in [1.29, 1.82) is 0 Å². The van der Waals surface area contributed by atoms with Crippen molar-refractivity contribution in [1.82, 2.24) is 0 Å². The zero-order valence-corrected chi connectivity index (χ0v) is 14.6. The second-order valence-electron chi connectivity index (χ2n) is 5.82. The van der Waals surface area contributed by atoms with Crippen LogP contribution in [0.3, 0.4) is 0 Å². The highest BCUT2D eigenvalue weighted by molar-refractivity contribution is 7.91. The minimum absolute atomic E-state index is 0.0356. The molecule has 0 aromatic heterocycles. The molecule has 0 aliphatic heterocycles. The molecule has 2 N–H and O–H groups in total. The van der Waals surface area contributed by atoms with E-state index in [1.165, 1.54) is 37.3 Å². The summed E-state index contributed by atoms with van der Waals surface area (Å²) < 4.78 is 63.2. The zero-order valence-electron chi connectivity index (χ0n) is 13.8. The Hall–Kier alpha value is -2.39. The molecular weight excluding hydrogens is 371 g/mol. The minimum atomic E-state index is -5.15. The quantitative estimate of drug-likeness (QED) is 0.845. The van der Waals surface area contributed by atoms with Gasteiger partial charge >= 0.3 is 6.18 Å². The van der Waals surface area contributed by atoms with Gasteiger partial charge in [0.25, 0.3) is 5.91 Å². The lowest BCUT2D eigenvalue weighted by molar-refractivity contribution is -0.242. The van der Waals surface area contributed by atoms with E-state index in [9.17, 15) is 31.5 Å². The van der Waals surface area contributed by atoms with Crippen LogP contribution in [-0.2, 0) is 14.6 Å². The average molecular weight is 387 g/mol. The van der Waals surface area contributed by atoms with Gasteiger partial charge in [0.1, 0.15) is 0 Å². The van der Waals surface area contributed by atoms with Gasteiger partial charge < -0.3 is 10.4 Å². The number of aryl methyl sites for hydroxylation is 1. The Labute approximate surface area is 148 Å². The van der Waals surface area contributed by atoms with E-state index < -0.39 is 27.5 Å². The van der Waals surface area contributed by atoms with Crippen LogP contribution in [0.25, 0.3) is 0 Å². The van der Waals surface area contributed by atoms with Gasteiger partial charge in [0.2, 0.25) is 15.4 Å². The first kappa shape index (κ1) is 19.9. The molecule has 5 nitrogen and oxygen atoms in total. The normalized spacial score (nSPS) is 14.5. The smallest absolute Gasteiger partial charge is 0.373 e. The van der Waals surface area contributed by atoms with Gasteiger partial charge in [0.15, 0.2) is 0 Å². The van der Waals surface area contributed by atoms with Gasteiger partial charge in [-0.25, -0.2) is 8.42 Å². The van der Waals surface area contributed by atoms with Crippen molar-refractivity contribution in [3.05, 3.63) is 54.1 Å². The van der Waals surface area contributed by atoms with Crippen molar-refractivity contribution < 1.29 is 31.5 Å². The zero-order chi connectivity index (χ0) is 19.8. The molecular formula is C17H16F3NO4S. The number of nitrogens with one attached hydrogen (secondary N) is 1. The first-order valence-electron chi connectivity index (χ1n) is 7.38. The van der Waals surface area contributed by atoms with Gasteiger partial charge in [0, 0.05) is 5.69 Å². The molecule has 2 aromatic rings. The maximum Gasteiger partial charge on any atom is 0.426 e. The van der Waals surface area contributed by atoms with Crippen LogP contribution in [0.15, 0.2) is 58.3 Å². The van der Waals surface area contributed by atoms with Crippen LogP contribution in [-0.4, -0.2) is 31.2 Å². The lowest BCUT2D eigenvalue weighted by Gasteiger charge is -2.25. The van der Waals surface area contributed by atoms with E-state index in [4.69, 9.17) is 0 Å². The maximum absolute atomic E-state index is 12.7. The third-order valence-electron chi connectivity index (χ3n) is 3.80. The van der Waals surface area contributed by atoms with Crippen LogP contribution in [0, 0.1) is 6.92 Å². The Balaban J connectivity index is 2.33. The highest BCUT2D eigenvalue weighted by Crippen LogP contribution is 2.32. The molecule has 26 heavy (non-hydrogen) atoms. The number of anilines is 1. The fourth-order valence-electron chi connectivity index (χ4n) is 2.05. The molecule has 9 heteroatoms. The Kier molecular flexibility index (Phi) is 5.16. The average Bonchev–Trinajstić information content (AvgIpc) is 2.56. The number of alkyl halides is 3. The fourth-order valence-corrected chi connectivity index (χ4v) is 3.42. The molecule has 0 bridgehead atoms. The number of aliphatic hydroxyl groups is 1. The van der Waals surface area contributed by atoms with Crippen molar-refractivity contribution >= 4 is 21.4 Å². The van der Waals surface area contributed by atoms with Crippen molar-refractivity contribution in [3.63, 3.8) is 0 Å². The molecule has 2 rings (SSSR count). The molecule has 0 spiro atoms. The van der Waals surface area contributed by atoms with E-state index >= 15 is 0 Å². The van der Waals surface area contributed by atoms with Crippen LogP contribution in [0.2, 0.25) is 0 Å². The topological polar surface area (TPSA) is 83.5 Å². The molecule has 140 valence electrons. The summed E-state index contributed by atoms with van der Waals surface area (Å²) in [5.41, 5.74) is -3.38. The molecule has 1 unspecified atom stereocenters. The van der Waals surface area contributed by atoms with Crippen molar-refractivity contribution in [2.75, 3.05) is 5.32 Å². The number of hydrogen-bond donors (Lipinski definition) is 2. The highest BCUT2D eigenvalue weighted by atomic mass is 32.2. The number of halogens is 3. The summed E-state index contributed by atoms with van der Waals surface area (Å²) in [7, 11) is -3.80. The van der Waals surface area contributed by atoms with Crippen LogP contribution in [0.5, 0.6) is 0 Å². The van der Waals surface area contributed by atoms with Crippen molar-refractivity contribution in [2.45, 2.75) is 35.4 Å². The third kappa shape index (κ3) is 3.73. The molecule has 1 amide bonds. The lowest BCUT2D eigenvalue weighted by Crippen LogP contribution is -2.52. The molecule has 2 aromatic carbocycles. The number of amides is 1. The minimum Gasteiger partial charge on any atom is -0.373 e. The Bertz CT molecular complexity index is 923. The summed E-state index contributed by atoms with van der Waals surface area (Å²) >= 11 is 0. The van der Waals surface area contributed by atoms with E-state index in [1.807, 2.05) is 5.32 Å². The van der Waals surface area contributed by atoms with Crippen LogP contribution in [0.4, 0.5) is 18.9 Å². The molecule has 0 radical (unpaired) electrons. The number of benzene rings is 2.